The van der Waals surface area contributed by atoms with Crippen LogP contribution in [0.3, 0.4) is 0 Å². The number of carbonyl (C=O) groups is 1. The number of anilines is 3. The molecule has 3 aromatic rings. The van der Waals surface area contributed by atoms with Crippen LogP contribution in [0.15, 0.2) is 54.7 Å². The third-order valence-electron chi connectivity index (χ3n) is 3.37. The van der Waals surface area contributed by atoms with Crippen LogP contribution in [0.25, 0.3) is 0 Å². The Bertz CT molecular complexity index is 913. The zero-order valence-corrected chi connectivity index (χ0v) is 14.8. The molecule has 0 saturated heterocycles. The smallest absolute Gasteiger partial charge is 0.274 e. The van der Waals surface area contributed by atoms with Gasteiger partial charge in [-0.2, -0.15) is 0 Å². The topological polar surface area (TPSA) is 66.9 Å². The average Bonchev–Trinajstić information content (AvgIpc) is 2.60. The number of hydrogen-bond donors (Lipinski definition) is 2. The monoisotopic (exact) mass is 372 g/mol. The number of aromatic nitrogens is 2. The van der Waals surface area contributed by atoms with Gasteiger partial charge in [0.05, 0.1) is 10.7 Å². The van der Waals surface area contributed by atoms with Crippen LogP contribution in [0.2, 0.25) is 10.0 Å². The van der Waals surface area contributed by atoms with Crippen LogP contribution in [0.1, 0.15) is 16.1 Å². The number of halogens is 2. The molecule has 0 spiro atoms. The van der Waals surface area contributed by atoms with Crippen molar-refractivity contribution in [3.8, 4) is 0 Å². The minimum Gasteiger partial charge on any atom is -0.323 e. The predicted octanol–water partition coefficient (Wildman–Crippen LogP) is 5.09. The molecular formula is C18H14Cl2N4O. The van der Waals surface area contributed by atoms with Gasteiger partial charge in [-0.1, -0.05) is 40.9 Å². The summed E-state index contributed by atoms with van der Waals surface area (Å²) in [5.41, 5.74) is 2.60. The van der Waals surface area contributed by atoms with Crippen LogP contribution in [0, 0.1) is 6.92 Å². The molecule has 1 amide bonds. The van der Waals surface area contributed by atoms with Crippen LogP contribution in [0.4, 0.5) is 17.3 Å². The van der Waals surface area contributed by atoms with Gasteiger partial charge in [-0.3, -0.25) is 4.79 Å². The molecule has 1 heterocycles. The Hall–Kier alpha value is -2.63. The van der Waals surface area contributed by atoms with Crippen molar-refractivity contribution in [1.82, 2.24) is 9.97 Å². The largest absolute Gasteiger partial charge is 0.323 e. The first-order chi connectivity index (χ1) is 12.0. The van der Waals surface area contributed by atoms with Gasteiger partial charge in [0, 0.05) is 16.9 Å². The van der Waals surface area contributed by atoms with E-state index in [2.05, 4.69) is 20.6 Å². The van der Waals surface area contributed by atoms with Crippen molar-refractivity contribution >= 4 is 46.4 Å². The van der Waals surface area contributed by atoms with Gasteiger partial charge in [-0.25, -0.2) is 9.97 Å². The van der Waals surface area contributed by atoms with Crippen LogP contribution >= 0.6 is 23.2 Å². The fourth-order valence-electron chi connectivity index (χ4n) is 2.09. The molecule has 0 radical (unpaired) electrons. The lowest BCUT2D eigenvalue weighted by Gasteiger charge is -2.09. The lowest BCUT2D eigenvalue weighted by atomic mass is 10.2. The van der Waals surface area contributed by atoms with Gasteiger partial charge in [0.25, 0.3) is 5.91 Å². The number of nitrogens with one attached hydrogen (secondary N) is 2. The maximum atomic E-state index is 12.3. The molecule has 1 aromatic heterocycles. The van der Waals surface area contributed by atoms with Crippen LogP contribution in [-0.2, 0) is 0 Å². The van der Waals surface area contributed by atoms with E-state index in [1.807, 2.05) is 31.2 Å². The number of nitrogens with zero attached hydrogens (tertiary/aromatic N) is 2. The van der Waals surface area contributed by atoms with E-state index in [4.69, 9.17) is 23.2 Å². The third kappa shape index (κ3) is 4.47. The second-order valence-electron chi connectivity index (χ2n) is 5.33. The summed E-state index contributed by atoms with van der Waals surface area (Å²) < 4.78 is 0. The standard InChI is InChI=1S/C18H14Cl2N4O/c1-11-2-5-13(6-3-11)22-17(25)15-8-9-21-18(23-15)24-16-10-12(19)4-7-14(16)20/h2-10H,1H3,(H,22,25)(H,21,23,24). The van der Waals surface area contributed by atoms with Crippen LogP contribution < -0.4 is 10.6 Å². The highest BCUT2D eigenvalue weighted by Gasteiger charge is 2.10. The SMILES string of the molecule is Cc1ccc(NC(=O)c2ccnc(Nc3cc(Cl)ccc3Cl)n2)cc1. The number of amides is 1. The molecule has 0 saturated carbocycles. The van der Waals surface area contributed by atoms with E-state index in [0.717, 1.165) is 5.56 Å². The highest BCUT2D eigenvalue weighted by Crippen LogP contribution is 2.27. The lowest BCUT2D eigenvalue weighted by molar-refractivity contribution is 0.102. The van der Waals surface area contributed by atoms with Crippen molar-refractivity contribution in [3.63, 3.8) is 0 Å². The van der Waals surface area contributed by atoms with E-state index in [-0.39, 0.29) is 17.5 Å². The fraction of sp³-hybridized carbons (Fsp3) is 0.0556. The molecule has 0 bridgehead atoms. The summed E-state index contributed by atoms with van der Waals surface area (Å²) in [7, 11) is 0. The number of benzene rings is 2. The molecule has 2 aromatic carbocycles. The Morgan fingerprint density at radius 3 is 2.56 bits per heavy atom. The Kier molecular flexibility index (Phi) is 5.16. The van der Waals surface area contributed by atoms with Crippen molar-refractivity contribution in [2.75, 3.05) is 10.6 Å². The van der Waals surface area contributed by atoms with Gasteiger partial charge in [0.1, 0.15) is 5.69 Å². The molecule has 2 N–H and O–H groups in total. The Balaban J connectivity index is 1.77. The summed E-state index contributed by atoms with van der Waals surface area (Å²) in [6.45, 7) is 1.98. The summed E-state index contributed by atoms with van der Waals surface area (Å²) in [5.74, 6) is -0.0767. The van der Waals surface area contributed by atoms with Gasteiger partial charge in [-0.15, -0.1) is 0 Å². The maximum Gasteiger partial charge on any atom is 0.274 e. The second kappa shape index (κ2) is 7.51. The summed E-state index contributed by atoms with van der Waals surface area (Å²) in [6, 6.07) is 14.0. The Morgan fingerprint density at radius 2 is 1.80 bits per heavy atom. The van der Waals surface area contributed by atoms with Crippen molar-refractivity contribution < 1.29 is 4.79 Å². The summed E-state index contributed by atoms with van der Waals surface area (Å²) in [6.07, 6.45) is 1.50. The Labute approximate surface area is 155 Å². The normalized spacial score (nSPS) is 10.4. The molecule has 3 rings (SSSR count). The third-order valence-corrected chi connectivity index (χ3v) is 3.94. The van der Waals surface area contributed by atoms with Crippen molar-refractivity contribution in [1.29, 1.82) is 0 Å². The number of rotatable bonds is 4. The van der Waals surface area contributed by atoms with Gasteiger partial charge < -0.3 is 10.6 Å². The van der Waals surface area contributed by atoms with E-state index in [1.165, 1.54) is 12.3 Å². The molecule has 0 aliphatic rings. The number of aryl methyl sites for hydroxylation is 1. The van der Waals surface area contributed by atoms with Gasteiger partial charge >= 0.3 is 0 Å². The lowest BCUT2D eigenvalue weighted by Crippen LogP contribution is -2.14. The minimum absolute atomic E-state index is 0.233. The molecule has 0 atom stereocenters. The summed E-state index contributed by atoms with van der Waals surface area (Å²) in [4.78, 5) is 20.7. The first-order valence-electron chi connectivity index (χ1n) is 7.44. The maximum absolute atomic E-state index is 12.3. The molecule has 5 nitrogen and oxygen atoms in total. The molecule has 7 heteroatoms. The molecule has 0 aliphatic heterocycles. The first kappa shape index (κ1) is 17.2. The Morgan fingerprint density at radius 1 is 1.04 bits per heavy atom. The van der Waals surface area contributed by atoms with Gasteiger partial charge in [-0.05, 0) is 43.3 Å². The van der Waals surface area contributed by atoms with E-state index in [9.17, 15) is 4.79 Å². The zero-order chi connectivity index (χ0) is 17.8. The van der Waals surface area contributed by atoms with E-state index in [0.29, 0.717) is 21.4 Å². The minimum atomic E-state index is -0.327. The highest BCUT2D eigenvalue weighted by molar-refractivity contribution is 6.35. The highest BCUT2D eigenvalue weighted by atomic mass is 35.5. The quantitative estimate of drug-likeness (QED) is 0.669. The van der Waals surface area contributed by atoms with E-state index < -0.39 is 0 Å². The van der Waals surface area contributed by atoms with Gasteiger partial charge in [0.15, 0.2) is 0 Å². The number of carbonyl (C=O) groups excluding carboxylic acids is 1. The predicted molar refractivity (Wildman–Crippen MR) is 101 cm³/mol. The van der Waals surface area contributed by atoms with Crippen molar-refractivity contribution in [2.45, 2.75) is 6.92 Å². The van der Waals surface area contributed by atoms with Crippen molar-refractivity contribution in [2.24, 2.45) is 0 Å². The molecule has 0 unspecified atom stereocenters. The van der Waals surface area contributed by atoms with E-state index in [1.54, 1.807) is 18.2 Å². The molecular weight excluding hydrogens is 359 g/mol. The zero-order valence-electron chi connectivity index (χ0n) is 13.3. The van der Waals surface area contributed by atoms with E-state index >= 15 is 0 Å². The summed E-state index contributed by atoms with van der Waals surface area (Å²) >= 11 is 12.1. The number of hydrogen-bond acceptors (Lipinski definition) is 4. The second-order valence-corrected chi connectivity index (χ2v) is 6.18. The van der Waals surface area contributed by atoms with Crippen LogP contribution in [-0.4, -0.2) is 15.9 Å². The van der Waals surface area contributed by atoms with Gasteiger partial charge in [0.2, 0.25) is 5.95 Å². The molecule has 25 heavy (non-hydrogen) atoms. The molecule has 0 aliphatic carbocycles. The summed E-state index contributed by atoms with van der Waals surface area (Å²) in [5, 5.41) is 6.76. The van der Waals surface area contributed by atoms with Crippen LogP contribution in [0.5, 0.6) is 0 Å². The molecule has 0 fully saturated rings. The van der Waals surface area contributed by atoms with Crippen molar-refractivity contribution in [3.05, 3.63) is 76.0 Å². The molecule has 126 valence electrons. The first-order valence-corrected chi connectivity index (χ1v) is 8.20. The fourth-order valence-corrected chi connectivity index (χ4v) is 2.43. The average molecular weight is 373 g/mol.